The molecule has 1 aromatic carbocycles. The van der Waals surface area contributed by atoms with Crippen molar-refractivity contribution >= 4 is 5.69 Å². The summed E-state index contributed by atoms with van der Waals surface area (Å²) in [6.45, 7) is 7.16. The van der Waals surface area contributed by atoms with Crippen molar-refractivity contribution in [1.29, 1.82) is 0 Å². The van der Waals surface area contributed by atoms with Gasteiger partial charge in [-0.2, -0.15) is 0 Å². The molecule has 0 amide bonds. The van der Waals surface area contributed by atoms with Crippen LogP contribution in [0.2, 0.25) is 0 Å². The molecule has 1 aromatic rings. The standard InChI is InChI=1S/C13H21NO2/c1-13(2,3)11-9-10(14-7-8-15)5-6-12(11)16-4/h5-6,9,14-15H,7-8H2,1-4H3. The summed E-state index contributed by atoms with van der Waals surface area (Å²) >= 11 is 0. The Morgan fingerprint density at radius 3 is 2.50 bits per heavy atom. The van der Waals surface area contributed by atoms with E-state index in [0.717, 1.165) is 17.0 Å². The van der Waals surface area contributed by atoms with E-state index in [1.165, 1.54) is 0 Å². The molecule has 0 spiro atoms. The summed E-state index contributed by atoms with van der Waals surface area (Å²) in [4.78, 5) is 0. The molecule has 0 aromatic heterocycles. The summed E-state index contributed by atoms with van der Waals surface area (Å²) in [5.41, 5.74) is 2.22. The van der Waals surface area contributed by atoms with E-state index in [-0.39, 0.29) is 12.0 Å². The van der Waals surface area contributed by atoms with Gasteiger partial charge in [0.2, 0.25) is 0 Å². The van der Waals surface area contributed by atoms with Crippen LogP contribution < -0.4 is 10.1 Å². The van der Waals surface area contributed by atoms with E-state index >= 15 is 0 Å². The molecular weight excluding hydrogens is 202 g/mol. The number of rotatable bonds is 4. The molecule has 2 N–H and O–H groups in total. The van der Waals surface area contributed by atoms with Gasteiger partial charge in [-0.25, -0.2) is 0 Å². The number of aliphatic hydroxyl groups is 1. The van der Waals surface area contributed by atoms with Gasteiger partial charge in [0.15, 0.2) is 0 Å². The first-order valence-electron chi connectivity index (χ1n) is 5.52. The third-order valence-electron chi connectivity index (χ3n) is 2.45. The maximum absolute atomic E-state index is 8.77. The minimum absolute atomic E-state index is 0.0439. The molecule has 3 nitrogen and oxygen atoms in total. The van der Waals surface area contributed by atoms with Crippen LogP contribution in [0.1, 0.15) is 26.3 Å². The molecule has 0 atom stereocenters. The highest BCUT2D eigenvalue weighted by Crippen LogP contribution is 2.33. The number of ether oxygens (including phenoxy) is 1. The smallest absolute Gasteiger partial charge is 0.122 e. The second-order valence-corrected chi connectivity index (χ2v) is 4.82. The molecule has 0 unspecified atom stereocenters. The summed E-state index contributed by atoms with van der Waals surface area (Å²) < 4.78 is 5.35. The third-order valence-corrected chi connectivity index (χ3v) is 2.45. The van der Waals surface area contributed by atoms with Gasteiger partial charge >= 0.3 is 0 Å². The highest BCUT2D eigenvalue weighted by atomic mass is 16.5. The van der Waals surface area contributed by atoms with Crippen molar-refractivity contribution in [3.05, 3.63) is 23.8 Å². The maximum Gasteiger partial charge on any atom is 0.122 e. The number of hydrogen-bond donors (Lipinski definition) is 2. The summed E-state index contributed by atoms with van der Waals surface area (Å²) in [5, 5.41) is 11.9. The molecule has 0 bridgehead atoms. The lowest BCUT2D eigenvalue weighted by Crippen LogP contribution is -2.14. The molecule has 0 heterocycles. The van der Waals surface area contributed by atoms with Crippen LogP contribution in [0.4, 0.5) is 5.69 Å². The lowest BCUT2D eigenvalue weighted by Gasteiger charge is -2.23. The number of anilines is 1. The van der Waals surface area contributed by atoms with Gasteiger partial charge in [0.1, 0.15) is 5.75 Å². The Labute approximate surface area is 97.4 Å². The molecule has 0 fully saturated rings. The molecule has 90 valence electrons. The van der Waals surface area contributed by atoms with Crippen LogP contribution in [-0.2, 0) is 5.41 Å². The van der Waals surface area contributed by atoms with E-state index in [9.17, 15) is 0 Å². The van der Waals surface area contributed by atoms with Gasteiger partial charge in [-0.1, -0.05) is 20.8 Å². The molecule has 0 aliphatic rings. The zero-order chi connectivity index (χ0) is 12.2. The van der Waals surface area contributed by atoms with Gasteiger partial charge < -0.3 is 15.2 Å². The van der Waals surface area contributed by atoms with Crippen LogP contribution in [-0.4, -0.2) is 25.4 Å². The SMILES string of the molecule is COc1ccc(NCCO)cc1C(C)(C)C. The fraction of sp³-hybridized carbons (Fsp3) is 0.538. The Balaban J connectivity index is 3.02. The Kier molecular flexibility index (Phi) is 4.19. The van der Waals surface area contributed by atoms with E-state index in [1.54, 1.807) is 7.11 Å². The van der Waals surface area contributed by atoms with Crippen molar-refractivity contribution in [3.8, 4) is 5.75 Å². The van der Waals surface area contributed by atoms with Gasteiger partial charge in [-0.15, -0.1) is 0 Å². The molecule has 16 heavy (non-hydrogen) atoms. The van der Waals surface area contributed by atoms with E-state index in [1.807, 2.05) is 12.1 Å². The van der Waals surface area contributed by atoms with Gasteiger partial charge in [0.05, 0.1) is 13.7 Å². The second-order valence-electron chi connectivity index (χ2n) is 4.82. The average Bonchev–Trinajstić information content (AvgIpc) is 2.24. The molecule has 0 radical (unpaired) electrons. The van der Waals surface area contributed by atoms with Crippen molar-refractivity contribution < 1.29 is 9.84 Å². The van der Waals surface area contributed by atoms with E-state index in [4.69, 9.17) is 9.84 Å². The Morgan fingerprint density at radius 1 is 1.31 bits per heavy atom. The lowest BCUT2D eigenvalue weighted by atomic mass is 9.86. The molecule has 3 heteroatoms. The fourth-order valence-corrected chi connectivity index (χ4v) is 1.60. The quantitative estimate of drug-likeness (QED) is 0.823. The highest BCUT2D eigenvalue weighted by molar-refractivity contribution is 5.53. The first-order valence-corrected chi connectivity index (χ1v) is 5.52. The Morgan fingerprint density at radius 2 is 2.00 bits per heavy atom. The van der Waals surface area contributed by atoms with Crippen molar-refractivity contribution in [2.45, 2.75) is 26.2 Å². The second kappa shape index (κ2) is 5.21. The number of nitrogens with one attached hydrogen (secondary N) is 1. The normalized spacial score (nSPS) is 11.3. The van der Waals surface area contributed by atoms with Crippen LogP contribution in [0.3, 0.4) is 0 Å². The van der Waals surface area contributed by atoms with E-state index in [2.05, 4.69) is 32.2 Å². The summed E-state index contributed by atoms with van der Waals surface area (Å²) in [6, 6.07) is 6.00. The predicted molar refractivity (Wildman–Crippen MR) is 67.3 cm³/mol. The number of benzene rings is 1. The third kappa shape index (κ3) is 3.14. The minimum atomic E-state index is 0.0439. The van der Waals surface area contributed by atoms with Crippen molar-refractivity contribution in [3.63, 3.8) is 0 Å². The molecule has 1 rings (SSSR count). The number of methoxy groups -OCH3 is 1. The van der Waals surface area contributed by atoms with Crippen LogP contribution in [0, 0.1) is 0 Å². The largest absolute Gasteiger partial charge is 0.496 e. The zero-order valence-electron chi connectivity index (χ0n) is 10.5. The molecule has 0 aliphatic heterocycles. The average molecular weight is 223 g/mol. The summed E-state index contributed by atoms with van der Waals surface area (Å²) in [5.74, 6) is 0.905. The minimum Gasteiger partial charge on any atom is -0.496 e. The molecule has 0 saturated heterocycles. The number of hydrogen-bond acceptors (Lipinski definition) is 3. The summed E-state index contributed by atoms with van der Waals surface area (Å²) in [6.07, 6.45) is 0. The van der Waals surface area contributed by atoms with Gasteiger partial charge in [0.25, 0.3) is 0 Å². The molecule has 0 saturated carbocycles. The molecular formula is C13H21NO2. The topological polar surface area (TPSA) is 41.5 Å². The van der Waals surface area contributed by atoms with Crippen LogP contribution in [0.25, 0.3) is 0 Å². The van der Waals surface area contributed by atoms with Crippen molar-refractivity contribution in [2.24, 2.45) is 0 Å². The van der Waals surface area contributed by atoms with E-state index in [0.29, 0.717) is 6.54 Å². The monoisotopic (exact) mass is 223 g/mol. The first kappa shape index (κ1) is 12.8. The molecule has 0 aliphatic carbocycles. The van der Waals surface area contributed by atoms with Crippen LogP contribution in [0.5, 0.6) is 5.75 Å². The number of aliphatic hydroxyl groups excluding tert-OH is 1. The van der Waals surface area contributed by atoms with Gasteiger partial charge in [-0.05, 0) is 23.6 Å². The van der Waals surface area contributed by atoms with Crippen molar-refractivity contribution in [1.82, 2.24) is 0 Å². The fourth-order valence-electron chi connectivity index (χ4n) is 1.60. The maximum atomic E-state index is 8.77. The lowest BCUT2D eigenvalue weighted by molar-refractivity contribution is 0.311. The van der Waals surface area contributed by atoms with Crippen LogP contribution in [0.15, 0.2) is 18.2 Å². The van der Waals surface area contributed by atoms with Crippen LogP contribution >= 0.6 is 0 Å². The van der Waals surface area contributed by atoms with Gasteiger partial charge in [-0.3, -0.25) is 0 Å². The predicted octanol–water partition coefficient (Wildman–Crippen LogP) is 2.40. The zero-order valence-corrected chi connectivity index (χ0v) is 10.5. The Bertz CT molecular complexity index is 342. The Hall–Kier alpha value is -1.22. The summed E-state index contributed by atoms with van der Waals surface area (Å²) in [7, 11) is 1.69. The van der Waals surface area contributed by atoms with Gasteiger partial charge in [0, 0.05) is 17.8 Å². The first-order chi connectivity index (χ1) is 7.49. The highest BCUT2D eigenvalue weighted by Gasteiger charge is 2.19. The van der Waals surface area contributed by atoms with Crippen molar-refractivity contribution in [2.75, 3.05) is 25.6 Å². The van der Waals surface area contributed by atoms with E-state index < -0.39 is 0 Å².